The Morgan fingerprint density at radius 3 is 2.61 bits per heavy atom. The summed E-state index contributed by atoms with van der Waals surface area (Å²) >= 11 is 0. The third kappa shape index (κ3) is 6.17. The Bertz CT molecular complexity index is 1120. The Morgan fingerprint density at radius 1 is 1.09 bits per heavy atom. The molecule has 0 spiro atoms. The topological polar surface area (TPSA) is 61.4 Å². The minimum Gasteiger partial charge on any atom is -0.354 e. The highest BCUT2D eigenvalue weighted by Gasteiger charge is 2.26. The van der Waals surface area contributed by atoms with Gasteiger partial charge in [0, 0.05) is 25.2 Å². The molecule has 1 heterocycles. The molecule has 5 nitrogen and oxygen atoms in total. The molecule has 1 fully saturated rings. The molecule has 4 rings (SSSR count). The van der Waals surface area contributed by atoms with Gasteiger partial charge in [-0.1, -0.05) is 54.6 Å². The summed E-state index contributed by atoms with van der Waals surface area (Å²) in [7, 11) is 0. The van der Waals surface area contributed by atoms with E-state index in [0.717, 1.165) is 18.4 Å². The SMILES string of the molecule is CC(Cc1ccc2ccccc2c1)N1CCC(CNC(=O)Cc2ccc(F)cc2)NCC1=O. The van der Waals surface area contributed by atoms with Gasteiger partial charge in [-0.2, -0.15) is 0 Å². The number of amides is 2. The Hall–Kier alpha value is -3.25. The van der Waals surface area contributed by atoms with Crippen molar-refractivity contribution in [1.29, 1.82) is 0 Å². The maximum atomic E-state index is 13.0. The van der Waals surface area contributed by atoms with Crippen molar-refractivity contribution in [3.63, 3.8) is 0 Å². The maximum absolute atomic E-state index is 13.0. The first-order valence-corrected chi connectivity index (χ1v) is 11.5. The predicted octanol–water partition coefficient (Wildman–Crippen LogP) is 3.46. The molecule has 2 unspecified atom stereocenters. The number of nitrogens with zero attached hydrogens (tertiary/aromatic N) is 1. The summed E-state index contributed by atoms with van der Waals surface area (Å²) < 4.78 is 13.0. The standard InChI is InChI=1S/C27H30FN3O2/c1-19(14-21-6-9-22-4-2-3-5-23(22)15-21)31-13-12-25(29-18-27(31)33)17-30-26(32)16-20-7-10-24(28)11-8-20/h2-11,15,19,25,29H,12-14,16-18H2,1H3,(H,30,32). The Labute approximate surface area is 194 Å². The molecule has 33 heavy (non-hydrogen) atoms. The molecular weight excluding hydrogens is 417 g/mol. The van der Waals surface area contributed by atoms with Gasteiger partial charge in [-0.25, -0.2) is 4.39 Å². The molecule has 1 saturated heterocycles. The maximum Gasteiger partial charge on any atom is 0.236 e. The van der Waals surface area contributed by atoms with E-state index >= 15 is 0 Å². The minimum atomic E-state index is -0.314. The number of halogens is 1. The number of carbonyl (C=O) groups is 2. The lowest BCUT2D eigenvalue weighted by molar-refractivity contribution is -0.131. The summed E-state index contributed by atoms with van der Waals surface area (Å²) in [5.74, 6) is -0.338. The Balaban J connectivity index is 1.28. The summed E-state index contributed by atoms with van der Waals surface area (Å²) in [4.78, 5) is 27.0. The molecule has 2 N–H and O–H groups in total. The monoisotopic (exact) mass is 447 g/mol. The van der Waals surface area contributed by atoms with Crippen LogP contribution in [0.15, 0.2) is 66.7 Å². The van der Waals surface area contributed by atoms with Crippen LogP contribution in [-0.4, -0.2) is 48.4 Å². The highest BCUT2D eigenvalue weighted by atomic mass is 19.1. The van der Waals surface area contributed by atoms with Crippen LogP contribution in [0.5, 0.6) is 0 Å². The van der Waals surface area contributed by atoms with Crippen LogP contribution in [0.2, 0.25) is 0 Å². The molecule has 0 radical (unpaired) electrons. The van der Waals surface area contributed by atoms with Crippen LogP contribution in [0, 0.1) is 5.82 Å². The van der Waals surface area contributed by atoms with E-state index in [1.807, 2.05) is 17.0 Å². The molecule has 172 valence electrons. The van der Waals surface area contributed by atoms with Crippen molar-refractivity contribution < 1.29 is 14.0 Å². The molecule has 1 aliphatic rings. The fourth-order valence-electron chi connectivity index (χ4n) is 4.40. The van der Waals surface area contributed by atoms with E-state index in [1.54, 1.807) is 12.1 Å². The van der Waals surface area contributed by atoms with Crippen molar-refractivity contribution in [2.45, 2.75) is 38.3 Å². The number of carbonyl (C=O) groups excluding carboxylic acids is 2. The zero-order chi connectivity index (χ0) is 23.2. The van der Waals surface area contributed by atoms with E-state index < -0.39 is 0 Å². The van der Waals surface area contributed by atoms with Gasteiger partial charge in [0.2, 0.25) is 11.8 Å². The second-order valence-corrected chi connectivity index (χ2v) is 8.80. The van der Waals surface area contributed by atoms with E-state index in [1.165, 1.54) is 28.5 Å². The number of hydrogen-bond donors (Lipinski definition) is 2. The fraction of sp³-hybridized carbons (Fsp3) is 0.333. The molecule has 3 aromatic carbocycles. The van der Waals surface area contributed by atoms with Crippen molar-refractivity contribution in [2.75, 3.05) is 19.6 Å². The van der Waals surface area contributed by atoms with Crippen LogP contribution in [-0.2, 0) is 22.4 Å². The lowest BCUT2D eigenvalue weighted by atomic mass is 10.0. The minimum absolute atomic E-state index is 0.0315. The van der Waals surface area contributed by atoms with Crippen LogP contribution < -0.4 is 10.6 Å². The third-order valence-electron chi connectivity index (χ3n) is 6.28. The lowest BCUT2D eigenvalue weighted by Crippen LogP contribution is -2.43. The van der Waals surface area contributed by atoms with Gasteiger partial charge in [-0.05, 0) is 53.8 Å². The van der Waals surface area contributed by atoms with Gasteiger partial charge in [0.05, 0.1) is 13.0 Å². The molecule has 2 amide bonds. The van der Waals surface area contributed by atoms with Crippen molar-refractivity contribution in [3.8, 4) is 0 Å². The zero-order valence-electron chi connectivity index (χ0n) is 18.9. The first kappa shape index (κ1) is 22.9. The number of fused-ring (bicyclic) bond motifs is 1. The van der Waals surface area contributed by atoms with Crippen LogP contribution in [0.1, 0.15) is 24.5 Å². The smallest absolute Gasteiger partial charge is 0.236 e. The van der Waals surface area contributed by atoms with Gasteiger partial charge in [-0.15, -0.1) is 0 Å². The first-order chi connectivity index (χ1) is 16.0. The summed E-state index contributed by atoms with van der Waals surface area (Å²) in [5, 5.41) is 8.64. The van der Waals surface area contributed by atoms with Gasteiger partial charge >= 0.3 is 0 Å². The van der Waals surface area contributed by atoms with E-state index in [9.17, 15) is 14.0 Å². The highest BCUT2D eigenvalue weighted by Crippen LogP contribution is 2.19. The summed E-state index contributed by atoms with van der Waals surface area (Å²) in [5.41, 5.74) is 1.99. The van der Waals surface area contributed by atoms with E-state index in [2.05, 4.69) is 47.9 Å². The van der Waals surface area contributed by atoms with Crippen molar-refractivity contribution in [1.82, 2.24) is 15.5 Å². The van der Waals surface area contributed by atoms with Crippen molar-refractivity contribution in [3.05, 3.63) is 83.7 Å². The molecule has 0 aliphatic carbocycles. The Morgan fingerprint density at radius 2 is 1.82 bits per heavy atom. The van der Waals surface area contributed by atoms with Crippen LogP contribution in [0.4, 0.5) is 4.39 Å². The Kier molecular flexibility index (Phi) is 7.35. The molecule has 3 aromatic rings. The lowest BCUT2D eigenvalue weighted by Gasteiger charge is -2.28. The zero-order valence-corrected chi connectivity index (χ0v) is 18.9. The van der Waals surface area contributed by atoms with Crippen LogP contribution in [0.25, 0.3) is 10.8 Å². The van der Waals surface area contributed by atoms with Gasteiger partial charge in [-0.3, -0.25) is 9.59 Å². The van der Waals surface area contributed by atoms with Gasteiger partial charge in [0.1, 0.15) is 5.82 Å². The van der Waals surface area contributed by atoms with Crippen molar-refractivity contribution >= 4 is 22.6 Å². The third-order valence-corrected chi connectivity index (χ3v) is 6.28. The molecule has 0 saturated carbocycles. The number of benzene rings is 3. The normalized spacial score (nSPS) is 17.6. The van der Waals surface area contributed by atoms with Gasteiger partial charge in [0.25, 0.3) is 0 Å². The highest BCUT2D eigenvalue weighted by molar-refractivity contribution is 5.83. The number of nitrogens with one attached hydrogen (secondary N) is 2. The summed E-state index contributed by atoms with van der Waals surface area (Å²) in [6.45, 7) is 3.47. The van der Waals surface area contributed by atoms with E-state index in [4.69, 9.17) is 0 Å². The fourth-order valence-corrected chi connectivity index (χ4v) is 4.40. The van der Waals surface area contributed by atoms with E-state index in [-0.39, 0.29) is 42.7 Å². The van der Waals surface area contributed by atoms with Crippen LogP contribution in [0.3, 0.4) is 0 Å². The quantitative estimate of drug-likeness (QED) is 0.583. The second-order valence-electron chi connectivity index (χ2n) is 8.80. The average molecular weight is 448 g/mol. The van der Waals surface area contributed by atoms with Gasteiger partial charge < -0.3 is 15.5 Å². The predicted molar refractivity (Wildman–Crippen MR) is 128 cm³/mol. The number of rotatable bonds is 7. The molecule has 1 aliphatic heterocycles. The number of hydrogen-bond acceptors (Lipinski definition) is 3. The molecule has 0 bridgehead atoms. The summed E-state index contributed by atoms with van der Waals surface area (Å²) in [6, 6.07) is 20.8. The first-order valence-electron chi connectivity index (χ1n) is 11.5. The van der Waals surface area contributed by atoms with Gasteiger partial charge in [0.15, 0.2) is 0 Å². The molecular formula is C27H30FN3O2. The van der Waals surface area contributed by atoms with Crippen LogP contribution >= 0.6 is 0 Å². The summed E-state index contributed by atoms with van der Waals surface area (Å²) in [6.07, 6.45) is 1.78. The molecule has 6 heteroatoms. The van der Waals surface area contributed by atoms with E-state index in [0.29, 0.717) is 13.1 Å². The largest absolute Gasteiger partial charge is 0.354 e. The van der Waals surface area contributed by atoms with Crippen molar-refractivity contribution in [2.24, 2.45) is 0 Å². The second kappa shape index (κ2) is 10.6. The average Bonchev–Trinajstić information content (AvgIpc) is 3.00. The molecule has 0 aromatic heterocycles. The molecule has 2 atom stereocenters.